The van der Waals surface area contributed by atoms with Crippen molar-refractivity contribution in [1.29, 1.82) is 0 Å². The first-order valence-corrected chi connectivity index (χ1v) is 11.3. The fraction of sp³-hybridized carbons (Fsp3) is 0.478. The number of alkyl halides is 3. The van der Waals surface area contributed by atoms with E-state index < -0.39 is 17.7 Å². The van der Waals surface area contributed by atoms with Crippen LogP contribution in [0.5, 0.6) is 0 Å². The molecule has 1 aliphatic heterocycles. The van der Waals surface area contributed by atoms with Gasteiger partial charge in [0.15, 0.2) is 0 Å². The fourth-order valence-electron chi connectivity index (χ4n) is 4.06. The van der Waals surface area contributed by atoms with Gasteiger partial charge in [0.1, 0.15) is 4.88 Å². The van der Waals surface area contributed by atoms with E-state index in [1.165, 1.54) is 23.5 Å². The van der Waals surface area contributed by atoms with Crippen LogP contribution in [-0.4, -0.2) is 34.5 Å². The van der Waals surface area contributed by atoms with E-state index in [9.17, 15) is 22.8 Å². The van der Waals surface area contributed by atoms with E-state index >= 15 is 0 Å². The van der Waals surface area contributed by atoms with Crippen molar-refractivity contribution in [1.82, 2.24) is 4.90 Å². The van der Waals surface area contributed by atoms with Crippen molar-refractivity contribution in [2.75, 3.05) is 6.54 Å². The lowest BCUT2D eigenvalue weighted by molar-refractivity contribution is -0.137. The highest BCUT2D eigenvalue weighted by Gasteiger charge is 2.31. The van der Waals surface area contributed by atoms with Crippen LogP contribution in [0.2, 0.25) is 0 Å². The minimum Gasteiger partial charge on any atom is -0.477 e. The van der Waals surface area contributed by atoms with E-state index in [-0.39, 0.29) is 11.9 Å². The molecule has 0 radical (unpaired) electrons. The SMILES string of the molecule is O=C(O)c1ccc(CCCN2C(=O)CCC2CCCCc2cccc(C(F)(F)F)c2)s1. The summed E-state index contributed by atoms with van der Waals surface area (Å²) >= 11 is 1.27. The molecule has 1 atom stereocenters. The number of rotatable bonds is 10. The smallest absolute Gasteiger partial charge is 0.416 e. The van der Waals surface area contributed by atoms with Gasteiger partial charge in [-0.2, -0.15) is 13.2 Å². The summed E-state index contributed by atoms with van der Waals surface area (Å²) in [7, 11) is 0. The van der Waals surface area contributed by atoms with Gasteiger partial charge in [0, 0.05) is 23.9 Å². The predicted molar refractivity (Wildman–Crippen MR) is 113 cm³/mol. The molecule has 168 valence electrons. The molecular weight excluding hydrogens is 427 g/mol. The number of halogens is 3. The lowest BCUT2D eigenvalue weighted by Gasteiger charge is -2.25. The van der Waals surface area contributed by atoms with Gasteiger partial charge in [-0.1, -0.05) is 24.6 Å². The first-order valence-electron chi connectivity index (χ1n) is 10.5. The second kappa shape index (κ2) is 10.3. The summed E-state index contributed by atoms with van der Waals surface area (Å²) in [5, 5.41) is 9.00. The van der Waals surface area contributed by atoms with Crippen molar-refractivity contribution in [3.8, 4) is 0 Å². The van der Waals surface area contributed by atoms with Crippen molar-refractivity contribution in [2.24, 2.45) is 0 Å². The number of carbonyl (C=O) groups is 2. The molecule has 0 spiro atoms. The monoisotopic (exact) mass is 453 g/mol. The van der Waals surface area contributed by atoms with Crippen molar-refractivity contribution < 1.29 is 27.9 Å². The first kappa shape index (κ1) is 23.3. The molecule has 2 aromatic rings. The Kier molecular flexibility index (Phi) is 7.75. The van der Waals surface area contributed by atoms with Gasteiger partial charge in [-0.05, 0) is 62.3 Å². The molecule has 1 aromatic carbocycles. The van der Waals surface area contributed by atoms with Gasteiger partial charge in [0.05, 0.1) is 5.56 Å². The Morgan fingerprint density at radius 2 is 1.94 bits per heavy atom. The molecule has 3 rings (SSSR count). The van der Waals surface area contributed by atoms with Gasteiger partial charge in [0.2, 0.25) is 5.91 Å². The maximum absolute atomic E-state index is 12.8. The molecule has 31 heavy (non-hydrogen) atoms. The van der Waals surface area contributed by atoms with Gasteiger partial charge in [-0.15, -0.1) is 11.3 Å². The van der Waals surface area contributed by atoms with Crippen LogP contribution in [-0.2, 0) is 23.8 Å². The van der Waals surface area contributed by atoms with Gasteiger partial charge in [-0.25, -0.2) is 4.79 Å². The molecule has 1 aliphatic rings. The molecule has 1 amide bonds. The summed E-state index contributed by atoms with van der Waals surface area (Å²) in [6, 6.07) is 9.09. The molecule has 4 nitrogen and oxygen atoms in total. The lowest BCUT2D eigenvalue weighted by atomic mass is 10.0. The number of aromatic carboxylic acids is 1. The Hall–Kier alpha value is -2.35. The quantitative estimate of drug-likeness (QED) is 0.463. The Morgan fingerprint density at radius 3 is 2.65 bits per heavy atom. The van der Waals surface area contributed by atoms with E-state index in [0.29, 0.717) is 29.8 Å². The number of thiophene rings is 1. The average molecular weight is 454 g/mol. The van der Waals surface area contributed by atoms with Crippen molar-refractivity contribution in [3.05, 3.63) is 57.3 Å². The number of hydrogen-bond donors (Lipinski definition) is 1. The molecule has 1 unspecified atom stereocenters. The number of unbranched alkanes of at least 4 members (excludes halogenated alkanes) is 1. The zero-order valence-electron chi connectivity index (χ0n) is 17.2. The largest absolute Gasteiger partial charge is 0.477 e. The number of benzene rings is 1. The minimum atomic E-state index is -4.32. The molecule has 0 bridgehead atoms. The third-order valence-electron chi connectivity index (χ3n) is 5.65. The number of carbonyl (C=O) groups excluding carboxylic acids is 1. The summed E-state index contributed by atoms with van der Waals surface area (Å²) in [4.78, 5) is 26.5. The van der Waals surface area contributed by atoms with Crippen LogP contribution in [0.25, 0.3) is 0 Å². The number of amides is 1. The van der Waals surface area contributed by atoms with E-state index in [2.05, 4.69) is 0 Å². The predicted octanol–water partition coefficient (Wildman–Crippen LogP) is 5.80. The summed E-state index contributed by atoms with van der Waals surface area (Å²) < 4.78 is 38.5. The van der Waals surface area contributed by atoms with Crippen LogP contribution >= 0.6 is 11.3 Å². The van der Waals surface area contributed by atoms with Crippen LogP contribution in [0.4, 0.5) is 13.2 Å². The topological polar surface area (TPSA) is 57.6 Å². The maximum atomic E-state index is 12.8. The van der Waals surface area contributed by atoms with Crippen molar-refractivity contribution in [3.63, 3.8) is 0 Å². The number of carboxylic acid groups (broad SMARTS) is 1. The molecule has 0 aliphatic carbocycles. The summed E-state index contributed by atoms with van der Waals surface area (Å²) in [6.07, 6.45) is 1.66. The Morgan fingerprint density at radius 1 is 1.13 bits per heavy atom. The van der Waals surface area contributed by atoms with Crippen LogP contribution in [0.1, 0.15) is 64.2 Å². The molecule has 0 saturated carbocycles. The molecule has 1 fully saturated rings. The van der Waals surface area contributed by atoms with E-state index in [1.807, 2.05) is 11.0 Å². The molecule has 2 heterocycles. The second-order valence-corrected chi connectivity index (χ2v) is 9.07. The standard InChI is InChI=1S/C23H26F3NO3S/c24-23(25,26)17-7-3-6-16(15-17)5-1-2-8-18-10-13-21(28)27(18)14-4-9-19-11-12-20(31-19)22(29)30/h3,6-7,11-12,15,18H,1-2,4-5,8-10,13-14H2,(H,29,30). The van der Waals surface area contributed by atoms with Gasteiger partial charge in [-0.3, -0.25) is 4.79 Å². The number of nitrogens with zero attached hydrogens (tertiary/aromatic N) is 1. The minimum absolute atomic E-state index is 0.153. The highest BCUT2D eigenvalue weighted by molar-refractivity contribution is 7.13. The van der Waals surface area contributed by atoms with Crippen molar-refractivity contribution in [2.45, 2.75) is 63.6 Å². The van der Waals surface area contributed by atoms with Gasteiger partial charge < -0.3 is 10.0 Å². The summed E-state index contributed by atoms with van der Waals surface area (Å²) in [5.41, 5.74) is 0.0737. The number of likely N-dealkylation sites (tertiary alicyclic amines) is 1. The zero-order chi connectivity index (χ0) is 22.4. The normalized spacial score (nSPS) is 16.8. The van der Waals surface area contributed by atoms with Crippen LogP contribution in [0.15, 0.2) is 36.4 Å². The van der Waals surface area contributed by atoms with Crippen LogP contribution in [0, 0.1) is 0 Å². The van der Waals surface area contributed by atoms with E-state index in [4.69, 9.17) is 5.11 Å². The number of aryl methyl sites for hydroxylation is 2. The Labute approximate surface area is 183 Å². The molecule has 1 N–H and O–H groups in total. The fourth-order valence-corrected chi connectivity index (χ4v) is 4.95. The first-order chi connectivity index (χ1) is 14.7. The molecular formula is C23H26F3NO3S. The third-order valence-corrected chi connectivity index (χ3v) is 6.79. The highest BCUT2D eigenvalue weighted by Crippen LogP contribution is 2.30. The molecule has 1 aromatic heterocycles. The second-order valence-electron chi connectivity index (χ2n) is 7.90. The summed E-state index contributed by atoms with van der Waals surface area (Å²) in [6.45, 7) is 0.650. The number of carboxylic acids is 1. The third kappa shape index (κ3) is 6.56. The van der Waals surface area contributed by atoms with Crippen molar-refractivity contribution >= 4 is 23.2 Å². The highest BCUT2D eigenvalue weighted by atomic mass is 32.1. The van der Waals surface area contributed by atoms with Gasteiger partial charge in [0.25, 0.3) is 0 Å². The summed E-state index contributed by atoms with van der Waals surface area (Å²) in [5.74, 6) is -0.767. The number of hydrogen-bond acceptors (Lipinski definition) is 3. The Bertz CT molecular complexity index is 909. The zero-order valence-corrected chi connectivity index (χ0v) is 18.0. The van der Waals surface area contributed by atoms with Gasteiger partial charge >= 0.3 is 12.1 Å². The maximum Gasteiger partial charge on any atom is 0.416 e. The van der Waals surface area contributed by atoms with Crippen LogP contribution < -0.4 is 0 Å². The Balaban J connectivity index is 1.42. The van der Waals surface area contributed by atoms with Crippen LogP contribution in [0.3, 0.4) is 0 Å². The van der Waals surface area contributed by atoms with E-state index in [1.54, 1.807) is 12.1 Å². The lowest BCUT2D eigenvalue weighted by Crippen LogP contribution is -2.34. The average Bonchev–Trinajstić information content (AvgIpc) is 3.33. The molecule has 8 heteroatoms. The molecule has 1 saturated heterocycles. The van der Waals surface area contributed by atoms with E-state index in [0.717, 1.165) is 49.5 Å².